The van der Waals surface area contributed by atoms with Gasteiger partial charge in [0, 0.05) is 23.9 Å². The van der Waals surface area contributed by atoms with Gasteiger partial charge in [0.25, 0.3) is 0 Å². The second-order valence-electron chi connectivity index (χ2n) is 4.71. The third-order valence-electron chi connectivity index (χ3n) is 2.21. The minimum Gasteiger partial charge on any atom is -0.237 e. The van der Waals surface area contributed by atoms with Crippen LogP contribution in [0.1, 0.15) is 32.0 Å². The first-order valence-corrected chi connectivity index (χ1v) is 4.79. The Morgan fingerprint density at radius 1 is 1.29 bits per heavy atom. The van der Waals surface area contributed by atoms with Gasteiger partial charge in [0.05, 0.1) is 5.69 Å². The first kappa shape index (κ1) is 9.19. The lowest BCUT2D eigenvalue weighted by molar-refractivity contribution is 0.562. The van der Waals surface area contributed by atoms with Gasteiger partial charge in [-0.3, -0.25) is 0 Å². The van der Waals surface area contributed by atoms with Gasteiger partial charge < -0.3 is 0 Å². The molecule has 14 heavy (non-hydrogen) atoms. The molecule has 2 aromatic rings. The van der Waals surface area contributed by atoms with Gasteiger partial charge in [0.1, 0.15) is 0 Å². The van der Waals surface area contributed by atoms with Gasteiger partial charge in [0.2, 0.25) is 0 Å². The Morgan fingerprint density at radius 2 is 2.00 bits per heavy atom. The van der Waals surface area contributed by atoms with E-state index < -0.39 is 0 Å². The van der Waals surface area contributed by atoms with Crippen LogP contribution < -0.4 is 0 Å². The van der Waals surface area contributed by atoms with Gasteiger partial charge in [-0.25, -0.2) is 9.50 Å². The number of aryl methyl sites for hydroxylation is 1. The van der Waals surface area contributed by atoms with E-state index in [1.807, 2.05) is 29.9 Å². The zero-order valence-corrected chi connectivity index (χ0v) is 9.07. The zero-order valence-electron chi connectivity index (χ0n) is 9.07. The molecule has 0 unspecified atom stereocenters. The molecule has 3 heteroatoms. The molecule has 0 bridgehead atoms. The number of fused-ring (bicyclic) bond motifs is 1. The van der Waals surface area contributed by atoms with Crippen molar-refractivity contribution in [2.75, 3.05) is 0 Å². The van der Waals surface area contributed by atoms with Crippen LogP contribution in [0.3, 0.4) is 0 Å². The first-order chi connectivity index (χ1) is 6.47. The minimum absolute atomic E-state index is 0.0849. The lowest BCUT2D eigenvalue weighted by Gasteiger charge is -2.13. The fourth-order valence-electron chi connectivity index (χ4n) is 1.34. The summed E-state index contributed by atoms with van der Waals surface area (Å²) < 4.78 is 1.84. The van der Waals surface area contributed by atoms with E-state index in [4.69, 9.17) is 0 Å². The van der Waals surface area contributed by atoms with Crippen molar-refractivity contribution < 1.29 is 0 Å². The van der Waals surface area contributed by atoms with Crippen LogP contribution in [0.15, 0.2) is 18.5 Å². The standard InChI is InChI=1S/C11H15N3/c1-8-6-12-10-5-9(11(2,3)4)13-14(10)7-8/h5-7H,1-4H3. The van der Waals surface area contributed by atoms with Gasteiger partial charge >= 0.3 is 0 Å². The highest BCUT2D eigenvalue weighted by atomic mass is 15.2. The predicted molar refractivity (Wildman–Crippen MR) is 56.4 cm³/mol. The van der Waals surface area contributed by atoms with Crippen LogP contribution >= 0.6 is 0 Å². The molecule has 3 nitrogen and oxygen atoms in total. The molecule has 0 spiro atoms. The van der Waals surface area contributed by atoms with Crippen LogP contribution in [0.5, 0.6) is 0 Å². The summed E-state index contributed by atoms with van der Waals surface area (Å²) in [6.45, 7) is 8.48. The fraction of sp³-hybridized carbons (Fsp3) is 0.455. The van der Waals surface area contributed by atoms with Crippen molar-refractivity contribution in [1.29, 1.82) is 0 Å². The van der Waals surface area contributed by atoms with Gasteiger partial charge in [0.15, 0.2) is 5.65 Å². The van der Waals surface area contributed by atoms with E-state index in [1.54, 1.807) is 0 Å². The van der Waals surface area contributed by atoms with Crippen LogP contribution in [0.25, 0.3) is 5.65 Å². The molecule has 2 aromatic heterocycles. The van der Waals surface area contributed by atoms with Crippen LogP contribution in [0.4, 0.5) is 0 Å². The molecule has 0 atom stereocenters. The summed E-state index contributed by atoms with van der Waals surface area (Å²) in [7, 11) is 0. The van der Waals surface area contributed by atoms with E-state index >= 15 is 0 Å². The molecule has 0 saturated heterocycles. The molecular weight excluding hydrogens is 174 g/mol. The number of rotatable bonds is 0. The summed E-state index contributed by atoms with van der Waals surface area (Å²) in [5.41, 5.74) is 3.21. The van der Waals surface area contributed by atoms with Crippen molar-refractivity contribution in [3.8, 4) is 0 Å². The topological polar surface area (TPSA) is 30.2 Å². The maximum absolute atomic E-state index is 4.50. The molecule has 0 aliphatic rings. The fourth-order valence-corrected chi connectivity index (χ4v) is 1.34. The number of hydrogen-bond donors (Lipinski definition) is 0. The highest BCUT2D eigenvalue weighted by Crippen LogP contribution is 2.21. The average Bonchev–Trinajstić information content (AvgIpc) is 2.45. The van der Waals surface area contributed by atoms with Crippen LogP contribution in [-0.4, -0.2) is 14.6 Å². The van der Waals surface area contributed by atoms with Crippen LogP contribution in [0, 0.1) is 6.92 Å². The zero-order chi connectivity index (χ0) is 10.3. The molecule has 2 heterocycles. The number of hydrogen-bond acceptors (Lipinski definition) is 2. The Labute approximate surface area is 83.8 Å². The first-order valence-electron chi connectivity index (χ1n) is 4.79. The summed E-state index contributed by atoms with van der Waals surface area (Å²) >= 11 is 0. The van der Waals surface area contributed by atoms with E-state index in [2.05, 4.69) is 30.9 Å². The monoisotopic (exact) mass is 189 g/mol. The molecule has 0 aliphatic carbocycles. The van der Waals surface area contributed by atoms with Gasteiger partial charge in [-0.05, 0) is 12.5 Å². The Hall–Kier alpha value is -1.38. The van der Waals surface area contributed by atoms with Crippen LogP contribution in [0.2, 0.25) is 0 Å². The molecule has 2 rings (SSSR count). The molecular formula is C11H15N3. The van der Waals surface area contributed by atoms with Crippen molar-refractivity contribution in [2.24, 2.45) is 0 Å². The van der Waals surface area contributed by atoms with Crippen molar-refractivity contribution >= 4 is 5.65 Å². The summed E-state index contributed by atoms with van der Waals surface area (Å²) in [4.78, 5) is 4.32. The molecule has 0 radical (unpaired) electrons. The summed E-state index contributed by atoms with van der Waals surface area (Å²) in [6, 6.07) is 2.04. The highest BCUT2D eigenvalue weighted by Gasteiger charge is 2.17. The minimum atomic E-state index is 0.0849. The number of nitrogens with zero attached hydrogens (tertiary/aromatic N) is 3. The van der Waals surface area contributed by atoms with Gasteiger partial charge in [-0.2, -0.15) is 5.10 Å². The van der Waals surface area contributed by atoms with Crippen molar-refractivity contribution in [3.05, 3.63) is 29.7 Å². The highest BCUT2D eigenvalue weighted by molar-refractivity contribution is 5.40. The van der Waals surface area contributed by atoms with E-state index in [-0.39, 0.29) is 5.41 Å². The van der Waals surface area contributed by atoms with Crippen molar-refractivity contribution in [2.45, 2.75) is 33.1 Å². The van der Waals surface area contributed by atoms with E-state index in [0.717, 1.165) is 16.9 Å². The number of aromatic nitrogens is 3. The van der Waals surface area contributed by atoms with E-state index in [1.165, 1.54) is 0 Å². The van der Waals surface area contributed by atoms with Crippen LogP contribution in [-0.2, 0) is 5.41 Å². The maximum Gasteiger partial charge on any atom is 0.155 e. The molecule has 0 aromatic carbocycles. The summed E-state index contributed by atoms with van der Waals surface area (Å²) in [6.07, 6.45) is 3.86. The Morgan fingerprint density at radius 3 is 2.64 bits per heavy atom. The largest absolute Gasteiger partial charge is 0.237 e. The molecule has 74 valence electrons. The van der Waals surface area contributed by atoms with Crippen molar-refractivity contribution in [1.82, 2.24) is 14.6 Å². The summed E-state index contributed by atoms with van der Waals surface area (Å²) in [5.74, 6) is 0. The van der Waals surface area contributed by atoms with E-state index in [0.29, 0.717) is 0 Å². The third-order valence-corrected chi connectivity index (χ3v) is 2.21. The molecule has 0 saturated carbocycles. The lowest BCUT2D eigenvalue weighted by Crippen LogP contribution is -2.11. The quantitative estimate of drug-likeness (QED) is 0.636. The Balaban J connectivity index is 2.63. The molecule has 0 amide bonds. The second-order valence-corrected chi connectivity index (χ2v) is 4.71. The smallest absolute Gasteiger partial charge is 0.155 e. The van der Waals surface area contributed by atoms with Gasteiger partial charge in [-0.1, -0.05) is 20.8 Å². The lowest BCUT2D eigenvalue weighted by atomic mass is 9.93. The SMILES string of the molecule is Cc1cnc2cc(C(C)(C)C)nn2c1. The molecule has 0 N–H and O–H groups in total. The second kappa shape index (κ2) is 2.80. The predicted octanol–water partition coefficient (Wildman–Crippen LogP) is 2.34. The van der Waals surface area contributed by atoms with Crippen molar-refractivity contribution in [3.63, 3.8) is 0 Å². The maximum atomic E-state index is 4.50. The third kappa shape index (κ3) is 1.50. The van der Waals surface area contributed by atoms with E-state index in [9.17, 15) is 0 Å². The molecule has 0 fully saturated rings. The van der Waals surface area contributed by atoms with Gasteiger partial charge in [-0.15, -0.1) is 0 Å². The Kier molecular flexibility index (Phi) is 1.84. The Bertz CT molecular complexity index is 463. The summed E-state index contributed by atoms with van der Waals surface area (Å²) in [5, 5.41) is 4.50. The molecule has 0 aliphatic heterocycles. The normalized spacial score (nSPS) is 12.3. The average molecular weight is 189 g/mol.